The molecule has 0 fully saturated rings. The molecule has 0 bridgehead atoms. The van der Waals surface area contributed by atoms with Crippen LogP contribution in [0.2, 0.25) is 0 Å². The summed E-state index contributed by atoms with van der Waals surface area (Å²) in [5.74, 6) is -4.33. The summed E-state index contributed by atoms with van der Waals surface area (Å²) in [5.41, 5.74) is 6.28. The molecule has 0 spiro atoms. The lowest BCUT2D eigenvalue weighted by Crippen LogP contribution is -2.36. The summed E-state index contributed by atoms with van der Waals surface area (Å²) in [4.78, 5) is 0. The Labute approximate surface area is 81.2 Å². The molecule has 76 valence electrons. The Morgan fingerprint density at radius 2 is 1.86 bits per heavy atom. The Balaban J connectivity index is 2.79. The van der Waals surface area contributed by atoms with Crippen molar-refractivity contribution >= 4 is 5.84 Å². The number of hydrogen-bond acceptors (Lipinski definition) is 1. The van der Waals surface area contributed by atoms with Crippen LogP contribution in [-0.2, 0) is 6.42 Å². The van der Waals surface area contributed by atoms with Crippen LogP contribution in [-0.4, -0.2) is 11.8 Å². The molecule has 0 radical (unpaired) electrons. The van der Waals surface area contributed by atoms with Crippen molar-refractivity contribution in [3.8, 4) is 0 Å². The van der Waals surface area contributed by atoms with Gasteiger partial charge in [0, 0.05) is 6.42 Å². The fourth-order valence-electron chi connectivity index (χ4n) is 1.06. The Morgan fingerprint density at radius 3 is 2.29 bits per heavy atom. The molecule has 2 nitrogen and oxygen atoms in total. The molecule has 0 heterocycles. The van der Waals surface area contributed by atoms with Crippen molar-refractivity contribution in [2.45, 2.75) is 19.3 Å². The summed E-state index contributed by atoms with van der Waals surface area (Å²) in [7, 11) is 0. The number of alkyl halides is 2. The molecule has 1 rings (SSSR count). The highest BCUT2D eigenvalue weighted by atomic mass is 19.3. The third-order valence-corrected chi connectivity index (χ3v) is 1.94. The first-order valence-corrected chi connectivity index (χ1v) is 4.20. The summed E-state index contributed by atoms with van der Waals surface area (Å²) in [5, 5.41) is 6.72. The molecule has 0 saturated carbocycles. The van der Waals surface area contributed by atoms with Crippen LogP contribution in [0.15, 0.2) is 24.3 Å². The van der Waals surface area contributed by atoms with E-state index in [1.807, 2.05) is 6.92 Å². The van der Waals surface area contributed by atoms with E-state index in [2.05, 4.69) is 0 Å². The minimum atomic E-state index is -3.24. The predicted octanol–water partition coefficient (Wildman–Crippen LogP) is 2.11. The topological polar surface area (TPSA) is 49.9 Å². The quantitative estimate of drug-likeness (QED) is 0.567. The number of amidine groups is 1. The van der Waals surface area contributed by atoms with Crippen molar-refractivity contribution in [2.24, 2.45) is 5.73 Å². The molecule has 0 aliphatic rings. The van der Waals surface area contributed by atoms with E-state index in [0.717, 1.165) is 5.56 Å². The summed E-state index contributed by atoms with van der Waals surface area (Å²) >= 11 is 0. The van der Waals surface area contributed by atoms with Gasteiger partial charge in [-0.05, 0) is 12.5 Å². The average Bonchev–Trinajstić information content (AvgIpc) is 2.08. The number of nitrogens with two attached hydrogens (primary N) is 1. The first-order chi connectivity index (χ1) is 6.42. The minimum absolute atomic E-state index is 0.482. The lowest BCUT2D eigenvalue weighted by atomic mass is 10.1. The highest BCUT2D eigenvalue weighted by Crippen LogP contribution is 2.19. The van der Waals surface area contributed by atoms with Gasteiger partial charge in [-0.3, -0.25) is 5.41 Å². The highest BCUT2D eigenvalue weighted by Gasteiger charge is 2.33. The zero-order valence-corrected chi connectivity index (χ0v) is 7.85. The SMILES string of the molecule is Cc1ccc(CC(F)(F)C(=N)N)cc1. The molecule has 0 aromatic heterocycles. The molecule has 14 heavy (non-hydrogen) atoms. The van der Waals surface area contributed by atoms with E-state index in [-0.39, 0.29) is 0 Å². The Bertz CT molecular complexity index is 330. The van der Waals surface area contributed by atoms with Gasteiger partial charge in [-0.2, -0.15) is 8.78 Å². The molecule has 1 aromatic rings. The van der Waals surface area contributed by atoms with E-state index in [1.165, 1.54) is 0 Å². The van der Waals surface area contributed by atoms with Crippen LogP contribution < -0.4 is 5.73 Å². The number of hydrogen-bond donors (Lipinski definition) is 2. The van der Waals surface area contributed by atoms with Crippen molar-refractivity contribution in [1.82, 2.24) is 0 Å². The van der Waals surface area contributed by atoms with Crippen LogP contribution >= 0.6 is 0 Å². The first kappa shape index (κ1) is 10.6. The molecule has 0 unspecified atom stereocenters. The van der Waals surface area contributed by atoms with Crippen LogP contribution in [0.4, 0.5) is 8.78 Å². The van der Waals surface area contributed by atoms with Crippen LogP contribution in [0, 0.1) is 12.3 Å². The van der Waals surface area contributed by atoms with Crippen LogP contribution in [0.5, 0.6) is 0 Å². The number of aryl methyl sites for hydroxylation is 1. The molecule has 3 N–H and O–H groups in total. The Hall–Kier alpha value is -1.45. The lowest BCUT2D eigenvalue weighted by molar-refractivity contribution is 0.0762. The second-order valence-electron chi connectivity index (χ2n) is 3.28. The van der Waals surface area contributed by atoms with Gasteiger partial charge in [0.25, 0.3) is 0 Å². The maximum absolute atomic E-state index is 13.0. The summed E-state index contributed by atoms with van der Waals surface area (Å²) < 4.78 is 26.0. The molecule has 4 heteroatoms. The van der Waals surface area contributed by atoms with Gasteiger partial charge in [0.05, 0.1) is 0 Å². The first-order valence-electron chi connectivity index (χ1n) is 4.20. The third kappa shape index (κ3) is 2.52. The fraction of sp³-hybridized carbons (Fsp3) is 0.300. The largest absolute Gasteiger partial charge is 0.383 e. The molecule has 0 saturated heterocycles. The molecular weight excluding hydrogens is 186 g/mol. The normalized spacial score (nSPS) is 11.4. The van der Waals surface area contributed by atoms with Crippen molar-refractivity contribution in [1.29, 1.82) is 5.41 Å². The van der Waals surface area contributed by atoms with E-state index in [9.17, 15) is 8.78 Å². The van der Waals surface area contributed by atoms with Crippen molar-refractivity contribution in [2.75, 3.05) is 0 Å². The Kier molecular flexibility index (Phi) is 2.84. The molecule has 0 aliphatic carbocycles. The van der Waals surface area contributed by atoms with Crippen molar-refractivity contribution in [3.63, 3.8) is 0 Å². The number of halogens is 2. The van der Waals surface area contributed by atoms with Crippen LogP contribution in [0.3, 0.4) is 0 Å². The Morgan fingerprint density at radius 1 is 1.36 bits per heavy atom. The summed E-state index contributed by atoms with van der Waals surface area (Å²) in [6, 6.07) is 6.75. The average molecular weight is 198 g/mol. The van der Waals surface area contributed by atoms with Gasteiger partial charge in [0.1, 0.15) is 0 Å². The zero-order valence-electron chi connectivity index (χ0n) is 7.85. The van der Waals surface area contributed by atoms with Gasteiger partial charge in [0.2, 0.25) is 0 Å². The minimum Gasteiger partial charge on any atom is -0.383 e. The van der Waals surface area contributed by atoms with Gasteiger partial charge in [0.15, 0.2) is 5.84 Å². The summed E-state index contributed by atoms with van der Waals surface area (Å²) in [6.45, 7) is 1.88. The van der Waals surface area contributed by atoms with Crippen molar-refractivity contribution < 1.29 is 8.78 Å². The van der Waals surface area contributed by atoms with Gasteiger partial charge in [-0.25, -0.2) is 0 Å². The molecule has 1 aromatic carbocycles. The summed E-state index contributed by atoms with van der Waals surface area (Å²) in [6.07, 6.45) is -0.511. The standard InChI is InChI=1S/C10H12F2N2/c1-7-2-4-8(5-3-7)6-10(11,12)9(13)14/h2-5H,6H2,1H3,(H3,13,14). The molecule has 0 amide bonds. The lowest BCUT2D eigenvalue weighted by Gasteiger charge is -2.14. The van der Waals surface area contributed by atoms with E-state index < -0.39 is 18.2 Å². The highest BCUT2D eigenvalue weighted by molar-refractivity contribution is 5.84. The second-order valence-corrected chi connectivity index (χ2v) is 3.28. The van der Waals surface area contributed by atoms with E-state index in [4.69, 9.17) is 11.1 Å². The van der Waals surface area contributed by atoms with Gasteiger partial charge >= 0.3 is 5.92 Å². The van der Waals surface area contributed by atoms with Gasteiger partial charge < -0.3 is 5.73 Å². The van der Waals surface area contributed by atoms with Gasteiger partial charge in [-0.1, -0.05) is 29.8 Å². The van der Waals surface area contributed by atoms with Gasteiger partial charge in [-0.15, -0.1) is 0 Å². The maximum Gasteiger partial charge on any atom is 0.307 e. The van der Waals surface area contributed by atoms with E-state index in [1.54, 1.807) is 24.3 Å². The number of nitrogens with one attached hydrogen (secondary N) is 1. The van der Waals surface area contributed by atoms with Crippen LogP contribution in [0.25, 0.3) is 0 Å². The smallest absolute Gasteiger partial charge is 0.307 e. The number of rotatable bonds is 3. The van der Waals surface area contributed by atoms with E-state index in [0.29, 0.717) is 5.56 Å². The maximum atomic E-state index is 13.0. The number of benzene rings is 1. The zero-order chi connectivity index (χ0) is 10.8. The monoisotopic (exact) mass is 198 g/mol. The predicted molar refractivity (Wildman–Crippen MR) is 51.7 cm³/mol. The third-order valence-electron chi connectivity index (χ3n) is 1.94. The molecular formula is C10H12F2N2. The molecule has 0 aliphatic heterocycles. The second kappa shape index (κ2) is 3.74. The van der Waals surface area contributed by atoms with Crippen LogP contribution in [0.1, 0.15) is 11.1 Å². The fourth-order valence-corrected chi connectivity index (χ4v) is 1.06. The van der Waals surface area contributed by atoms with E-state index >= 15 is 0 Å². The van der Waals surface area contributed by atoms with Crippen molar-refractivity contribution in [3.05, 3.63) is 35.4 Å². The molecule has 0 atom stereocenters.